The monoisotopic (exact) mass is 311 g/mol. The average molecular weight is 312 g/mol. The highest BCUT2D eigenvalue weighted by molar-refractivity contribution is 6.32. The fourth-order valence-corrected chi connectivity index (χ4v) is 2.00. The van der Waals surface area contributed by atoms with Crippen molar-refractivity contribution in [3.8, 4) is 5.75 Å². The second-order valence-corrected chi connectivity index (χ2v) is 4.70. The molecule has 0 N–H and O–H groups in total. The van der Waals surface area contributed by atoms with Gasteiger partial charge in [-0.2, -0.15) is 0 Å². The summed E-state index contributed by atoms with van der Waals surface area (Å²) in [6.45, 7) is 0.153. The van der Waals surface area contributed by atoms with Gasteiger partial charge < -0.3 is 9.47 Å². The fraction of sp³-hybridized carbons (Fsp3) is 0.143. The minimum atomic E-state index is -0.507. The number of halogens is 2. The summed E-state index contributed by atoms with van der Waals surface area (Å²) in [4.78, 5) is 15.6. The van der Waals surface area contributed by atoms with Crippen LogP contribution < -0.4 is 4.74 Å². The molecule has 104 valence electrons. The van der Waals surface area contributed by atoms with E-state index in [-0.39, 0.29) is 22.5 Å². The van der Waals surface area contributed by atoms with Crippen molar-refractivity contribution in [2.75, 3.05) is 7.11 Å². The zero-order valence-corrected chi connectivity index (χ0v) is 12.1. The molecule has 1 heterocycles. The van der Waals surface area contributed by atoms with Crippen molar-refractivity contribution < 1.29 is 14.3 Å². The Labute approximate surface area is 126 Å². The van der Waals surface area contributed by atoms with Crippen LogP contribution in [-0.4, -0.2) is 18.1 Å². The highest BCUT2D eigenvalue weighted by Gasteiger charge is 2.10. The van der Waals surface area contributed by atoms with Crippen molar-refractivity contribution >= 4 is 29.2 Å². The number of pyridine rings is 1. The number of ether oxygens (including phenoxy) is 2. The van der Waals surface area contributed by atoms with E-state index in [2.05, 4.69) is 4.98 Å². The van der Waals surface area contributed by atoms with E-state index in [1.54, 1.807) is 19.2 Å². The molecule has 0 saturated heterocycles. The molecule has 20 heavy (non-hydrogen) atoms. The van der Waals surface area contributed by atoms with E-state index in [0.29, 0.717) is 0 Å². The maximum absolute atomic E-state index is 11.9. The zero-order valence-electron chi connectivity index (χ0n) is 10.6. The summed E-state index contributed by atoms with van der Waals surface area (Å²) in [6, 6.07) is 10.0. The van der Waals surface area contributed by atoms with E-state index < -0.39 is 5.97 Å². The fourth-order valence-electron chi connectivity index (χ4n) is 1.54. The predicted octanol–water partition coefficient (Wildman–Crippen LogP) is 3.75. The van der Waals surface area contributed by atoms with E-state index >= 15 is 0 Å². The lowest BCUT2D eigenvalue weighted by Crippen LogP contribution is -2.05. The molecule has 2 aromatic rings. The Morgan fingerprint density at radius 2 is 1.75 bits per heavy atom. The van der Waals surface area contributed by atoms with Gasteiger partial charge >= 0.3 is 5.97 Å². The van der Waals surface area contributed by atoms with E-state index in [1.807, 2.05) is 12.1 Å². The Bertz CT molecular complexity index is 594. The third-order valence-electron chi connectivity index (χ3n) is 2.53. The minimum Gasteiger partial charge on any atom is -0.497 e. The summed E-state index contributed by atoms with van der Waals surface area (Å²) >= 11 is 11.5. The summed E-state index contributed by atoms with van der Waals surface area (Å²) < 4.78 is 10.2. The zero-order chi connectivity index (χ0) is 14.5. The molecule has 0 aliphatic rings. The Kier molecular flexibility index (Phi) is 4.82. The molecule has 0 radical (unpaired) electrons. The number of esters is 1. The molecule has 2 rings (SSSR count). The van der Waals surface area contributed by atoms with Crippen molar-refractivity contribution in [1.29, 1.82) is 0 Å². The van der Waals surface area contributed by atoms with Crippen molar-refractivity contribution in [1.82, 2.24) is 4.98 Å². The lowest BCUT2D eigenvalue weighted by Gasteiger charge is -2.06. The van der Waals surface area contributed by atoms with Crippen LogP contribution in [-0.2, 0) is 11.3 Å². The number of benzene rings is 1. The number of nitrogens with zero attached hydrogens (tertiary/aromatic N) is 1. The largest absolute Gasteiger partial charge is 0.497 e. The van der Waals surface area contributed by atoms with Gasteiger partial charge in [-0.05, 0) is 29.8 Å². The summed E-state index contributed by atoms with van der Waals surface area (Å²) in [5.41, 5.74) is 1.12. The van der Waals surface area contributed by atoms with Crippen molar-refractivity contribution in [3.05, 3.63) is 57.8 Å². The third kappa shape index (κ3) is 3.85. The van der Waals surface area contributed by atoms with Crippen LogP contribution in [0.2, 0.25) is 10.3 Å². The molecule has 1 aromatic carbocycles. The summed E-state index contributed by atoms with van der Waals surface area (Å²) in [5, 5.41) is 0.294. The molecule has 4 nitrogen and oxygen atoms in total. The molecule has 1 aromatic heterocycles. The molecule has 0 amide bonds. The molecule has 0 aliphatic carbocycles. The number of carbonyl (C=O) groups is 1. The minimum absolute atomic E-state index is 0.147. The van der Waals surface area contributed by atoms with E-state index in [0.717, 1.165) is 11.3 Å². The van der Waals surface area contributed by atoms with Gasteiger partial charge in [-0.15, -0.1) is 0 Å². The van der Waals surface area contributed by atoms with Crippen LogP contribution >= 0.6 is 23.2 Å². The summed E-state index contributed by atoms with van der Waals surface area (Å²) in [5.74, 6) is 0.236. The van der Waals surface area contributed by atoms with Gasteiger partial charge in [-0.3, -0.25) is 0 Å². The Hall–Kier alpha value is -1.78. The first kappa shape index (κ1) is 14.6. The van der Waals surface area contributed by atoms with Crippen LogP contribution in [0, 0.1) is 0 Å². The van der Waals surface area contributed by atoms with Gasteiger partial charge in [-0.1, -0.05) is 35.3 Å². The first-order valence-electron chi connectivity index (χ1n) is 5.71. The number of hydrogen-bond donors (Lipinski definition) is 0. The lowest BCUT2D eigenvalue weighted by molar-refractivity contribution is 0.0472. The first-order valence-corrected chi connectivity index (χ1v) is 6.47. The highest BCUT2D eigenvalue weighted by Crippen LogP contribution is 2.17. The standard InChI is InChI=1S/C14H11Cl2NO3/c1-19-11-4-2-9(3-5-11)8-20-14(18)10-6-12(15)17-13(16)7-10/h2-7H,8H2,1H3. The van der Waals surface area contributed by atoms with Crippen LogP contribution in [0.3, 0.4) is 0 Å². The van der Waals surface area contributed by atoms with E-state index in [9.17, 15) is 4.79 Å². The molecule has 0 unspecified atom stereocenters. The normalized spacial score (nSPS) is 10.2. The summed E-state index contributed by atoms with van der Waals surface area (Å²) in [6.07, 6.45) is 0. The number of aromatic nitrogens is 1. The van der Waals surface area contributed by atoms with Crippen LogP contribution in [0.1, 0.15) is 15.9 Å². The molecule has 0 bridgehead atoms. The Morgan fingerprint density at radius 1 is 1.15 bits per heavy atom. The molecular weight excluding hydrogens is 301 g/mol. The van der Waals surface area contributed by atoms with E-state index in [1.165, 1.54) is 12.1 Å². The maximum Gasteiger partial charge on any atom is 0.338 e. The molecule has 0 atom stereocenters. The topological polar surface area (TPSA) is 48.4 Å². The van der Waals surface area contributed by atoms with Gasteiger partial charge in [0.25, 0.3) is 0 Å². The highest BCUT2D eigenvalue weighted by atomic mass is 35.5. The summed E-state index contributed by atoms with van der Waals surface area (Å²) in [7, 11) is 1.59. The van der Waals surface area contributed by atoms with Gasteiger partial charge in [0, 0.05) is 0 Å². The van der Waals surface area contributed by atoms with Gasteiger partial charge in [0.05, 0.1) is 12.7 Å². The van der Waals surface area contributed by atoms with Gasteiger partial charge in [0.1, 0.15) is 22.7 Å². The SMILES string of the molecule is COc1ccc(COC(=O)c2cc(Cl)nc(Cl)c2)cc1. The molecule has 6 heteroatoms. The third-order valence-corrected chi connectivity index (χ3v) is 2.91. The number of methoxy groups -OCH3 is 1. The quantitative estimate of drug-likeness (QED) is 0.637. The Morgan fingerprint density at radius 3 is 2.30 bits per heavy atom. The van der Waals surface area contributed by atoms with Gasteiger partial charge in [0.2, 0.25) is 0 Å². The van der Waals surface area contributed by atoms with E-state index in [4.69, 9.17) is 32.7 Å². The van der Waals surface area contributed by atoms with Gasteiger partial charge in [0.15, 0.2) is 0 Å². The molecular formula is C14H11Cl2NO3. The molecule has 0 saturated carbocycles. The molecule has 0 aliphatic heterocycles. The molecule has 0 fully saturated rings. The smallest absolute Gasteiger partial charge is 0.338 e. The van der Waals surface area contributed by atoms with Crippen LogP contribution in [0.15, 0.2) is 36.4 Å². The van der Waals surface area contributed by atoms with Crippen molar-refractivity contribution in [3.63, 3.8) is 0 Å². The van der Waals surface area contributed by atoms with Crippen LogP contribution in [0.25, 0.3) is 0 Å². The average Bonchev–Trinajstić information content (AvgIpc) is 2.44. The Balaban J connectivity index is 2.00. The van der Waals surface area contributed by atoms with Crippen molar-refractivity contribution in [2.45, 2.75) is 6.61 Å². The maximum atomic E-state index is 11.9. The number of hydrogen-bond acceptors (Lipinski definition) is 4. The second kappa shape index (κ2) is 6.59. The lowest BCUT2D eigenvalue weighted by atomic mass is 10.2. The van der Waals surface area contributed by atoms with Crippen molar-refractivity contribution in [2.24, 2.45) is 0 Å². The number of carbonyl (C=O) groups excluding carboxylic acids is 1. The predicted molar refractivity (Wildman–Crippen MR) is 76.4 cm³/mol. The number of rotatable bonds is 4. The second-order valence-electron chi connectivity index (χ2n) is 3.93. The van der Waals surface area contributed by atoms with Crippen LogP contribution in [0.5, 0.6) is 5.75 Å². The first-order chi connectivity index (χ1) is 9.58. The van der Waals surface area contributed by atoms with Crippen LogP contribution in [0.4, 0.5) is 0 Å². The van der Waals surface area contributed by atoms with Gasteiger partial charge in [-0.25, -0.2) is 9.78 Å². The molecule has 0 spiro atoms.